The third-order valence-corrected chi connectivity index (χ3v) is 5.20. The Balaban J connectivity index is 1.40. The number of piperidine rings is 1. The molecule has 1 aromatic carbocycles. The van der Waals surface area contributed by atoms with Crippen LogP contribution < -0.4 is 5.32 Å². The van der Waals surface area contributed by atoms with Crippen LogP contribution in [0.5, 0.6) is 0 Å². The summed E-state index contributed by atoms with van der Waals surface area (Å²) in [6.07, 6.45) is 7.87. The normalized spacial score (nSPS) is 17.8. The van der Waals surface area contributed by atoms with Gasteiger partial charge in [0.2, 0.25) is 5.91 Å². The third-order valence-electron chi connectivity index (χ3n) is 5.20. The summed E-state index contributed by atoms with van der Waals surface area (Å²) in [7, 11) is 0. The van der Waals surface area contributed by atoms with E-state index in [4.69, 9.17) is 0 Å². The highest BCUT2D eigenvalue weighted by Gasteiger charge is 2.21. The lowest BCUT2D eigenvalue weighted by Gasteiger charge is -2.33. The Morgan fingerprint density at radius 1 is 1.25 bits per heavy atom. The van der Waals surface area contributed by atoms with E-state index in [2.05, 4.69) is 58.4 Å². The number of hydrogen-bond donors (Lipinski definition) is 1. The Morgan fingerprint density at radius 3 is 2.75 bits per heavy atom. The Morgan fingerprint density at radius 2 is 2.04 bits per heavy atom. The molecule has 1 amide bonds. The first kappa shape index (κ1) is 20.5. The van der Waals surface area contributed by atoms with Crippen LogP contribution in [-0.4, -0.2) is 44.7 Å². The smallest absolute Gasteiger partial charge is 0.220 e. The van der Waals surface area contributed by atoms with Gasteiger partial charge in [-0.15, -0.1) is 0 Å². The van der Waals surface area contributed by atoms with Gasteiger partial charge < -0.3 is 5.32 Å². The van der Waals surface area contributed by atoms with Crippen molar-refractivity contribution >= 4 is 5.91 Å². The van der Waals surface area contributed by atoms with E-state index in [0.717, 1.165) is 51.9 Å². The Bertz CT molecular complexity index is 711. The number of hydrogen-bond acceptors (Lipinski definition) is 4. The minimum Gasteiger partial charge on any atom is -0.352 e. The summed E-state index contributed by atoms with van der Waals surface area (Å²) in [5.41, 5.74) is 2.76. The van der Waals surface area contributed by atoms with Crippen LogP contribution in [0.2, 0.25) is 0 Å². The second-order valence-electron chi connectivity index (χ2n) is 8.32. The number of nitrogens with zero attached hydrogens (tertiary/aromatic N) is 4. The molecule has 1 atom stereocenters. The van der Waals surface area contributed by atoms with Gasteiger partial charge in [0.15, 0.2) is 0 Å². The molecule has 1 N–H and O–H groups in total. The van der Waals surface area contributed by atoms with Gasteiger partial charge >= 0.3 is 0 Å². The van der Waals surface area contributed by atoms with Crippen LogP contribution in [0.4, 0.5) is 0 Å². The van der Waals surface area contributed by atoms with E-state index in [-0.39, 0.29) is 11.9 Å². The SMILES string of the molecule is CC(C)Cc1ccc(CN2CCCC(NC(=O)CCCn3cncn3)C2)cc1. The standard InChI is InChI=1S/C22H33N5O/c1-18(2)13-19-7-9-20(10-8-19)14-26-11-3-5-21(15-26)25-22(28)6-4-12-27-17-23-16-24-27/h7-10,16-18,21H,3-6,11-15H2,1-2H3,(H,25,28). The second kappa shape index (κ2) is 10.4. The molecule has 6 nitrogen and oxygen atoms in total. The number of likely N-dealkylation sites (tertiary alicyclic amines) is 1. The number of aromatic nitrogens is 3. The molecule has 0 radical (unpaired) electrons. The fourth-order valence-electron chi connectivity index (χ4n) is 3.88. The average Bonchev–Trinajstić information content (AvgIpc) is 3.17. The molecule has 0 bridgehead atoms. The molecule has 1 fully saturated rings. The molecule has 1 saturated heterocycles. The fourth-order valence-corrected chi connectivity index (χ4v) is 3.88. The number of carbonyl (C=O) groups is 1. The number of amides is 1. The molecule has 1 aromatic heterocycles. The van der Waals surface area contributed by atoms with E-state index in [1.54, 1.807) is 11.0 Å². The lowest BCUT2D eigenvalue weighted by molar-refractivity contribution is -0.122. The van der Waals surface area contributed by atoms with Gasteiger partial charge in [0.05, 0.1) is 0 Å². The van der Waals surface area contributed by atoms with E-state index < -0.39 is 0 Å². The third kappa shape index (κ3) is 6.75. The van der Waals surface area contributed by atoms with E-state index >= 15 is 0 Å². The van der Waals surface area contributed by atoms with Crippen LogP contribution in [0.25, 0.3) is 0 Å². The first-order chi connectivity index (χ1) is 13.6. The topological polar surface area (TPSA) is 63.1 Å². The molecule has 0 spiro atoms. The van der Waals surface area contributed by atoms with Crippen LogP contribution in [0.15, 0.2) is 36.9 Å². The van der Waals surface area contributed by atoms with Crippen molar-refractivity contribution in [2.75, 3.05) is 13.1 Å². The quantitative estimate of drug-likeness (QED) is 0.723. The number of nitrogens with one attached hydrogen (secondary N) is 1. The van der Waals surface area contributed by atoms with Gasteiger partial charge in [-0.05, 0) is 49.3 Å². The van der Waals surface area contributed by atoms with Crippen molar-refractivity contribution in [3.8, 4) is 0 Å². The molecule has 1 aliphatic rings. The zero-order valence-electron chi connectivity index (χ0n) is 17.2. The summed E-state index contributed by atoms with van der Waals surface area (Å²) < 4.78 is 1.77. The maximum Gasteiger partial charge on any atom is 0.220 e. The van der Waals surface area contributed by atoms with Crippen molar-refractivity contribution in [1.82, 2.24) is 25.0 Å². The fraction of sp³-hybridized carbons (Fsp3) is 0.591. The number of benzene rings is 1. The zero-order valence-corrected chi connectivity index (χ0v) is 17.2. The van der Waals surface area contributed by atoms with Gasteiger partial charge in [-0.3, -0.25) is 14.4 Å². The lowest BCUT2D eigenvalue weighted by Crippen LogP contribution is -2.47. The van der Waals surface area contributed by atoms with Gasteiger partial charge in [0, 0.05) is 32.1 Å². The van der Waals surface area contributed by atoms with Crippen LogP contribution >= 0.6 is 0 Å². The summed E-state index contributed by atoms with van der Waals surface area (Å²) in [5, 5.41) is 7.28. The van der Waals surface area contributed by atoms with E-state index in [0.29, 0.717) is 12.3 Å². The summed E-state index contributed by atoms with van der Waals surface area (Å²) in [4.78, 5) is 18.6. The molecule has 152 valence electrons. The maximum atomic E-state index is 12.3. The van der Waals surface area contributed by atoms with Gasteiger partial charge in [-0.1, -0.05) is 38.1 Å². The largest absolute Gasteiger partial charge is 0.352 e. The molecule has 28 heavy (non-hydrogen) atoms. The highest BCUT2D eigenvalue weighted by atomic mass is 16.1. The van der Waals surface area contributed by atoms with Gasteiger partial charge in [-0.2, -0.15) is 5.10 Å². The second-order valence-corrected chi connectivity index (χ2v) is 8.32. The van der Waals surface area contributed by atoms with Gasteiger partial charge in [0.1, 0.15) is 12.7 Å². The van der Waals surface area contributed by atoms with E-state index in [1.165, 1.54) is 17.5 Å². The maximum absolute atomic E-state index is 12.3. The van der Waals surface area contributed by atoms with Crippen LogP contribution in [0.3, 0.4) is 0 Å². The van der Waals surface area contributed by atoms with Crippen molar-refractivity contribution in [3.05, 3.63) is 48.0 Å². The highest BCUT2D eigenvalue weighted by Crippen LogP contribution is 2.16. The Hall–Kier alpha value is -2.21. The molecular formula is C22H33N5O. The first-order valence-corrected chi connectivity index (χ1v) is 10.5. The van der Waals surface area contributed by atoms with Crippen molar-refractivity contribution in [3.63, 3.8) is 0 Å². The molecule has 3 rings (SSSR count). The van der Waals surface area contributed by atoms with Gasteiger partial charge in [0.25, 0.3) is 0 Å². The monoisotopic (exact) mass is 383 g/mol. The van der Waals surface area contributed by atoms with Crippen LogP contribution in [0, 0.1) is 5.92 Å². The minimum absolute atomic E-state index is 0.144. The van der Waals surface area contributed by atoms with Crippen molar-refractivity contribution < 1.29 is 4.79 Å². The van der Waals surface area contributed by atoms with Crippen molar-refractivity contribution in [1.29, 1.82) is 0 Å². The summed E-state index contributed by atoms with van der Waals surface area (Å²) in [5.74, 6) is 0.832. The lowest BCUT2D eigenvalue weighted by atomic mass is 10.0. The highest BCUT2D eigenvalue weighted by molar-refractivity contribution is 5.76. The molecule has 1 unspecified atom stereocenters. The summed E-state index contributed by atoms with van der Waals surface area (Å²) >= 11 is 0. The molecule has 6 heteroatoms. The van der Waals surface area contributed by atoms with Gasteiger partial charge in [-0.25, -0.2) is 4.98 Å². The number of rotatable bonds is 9. The van der Waals surface area contributed by atoms with E-state index in [9.17, 15) is 4.79 Å². The molecular weight excluding hydrogens is 350 g/mol. The predicted octanol–water partition coefficient (Wildman–Crippen LogP) is 3.04. The Kier molecular flexibility index (Phi) is 7.60. The number of carbonyl (C=O) groups excluding carboxylic acids is 1. The number of aryl methyl sites for hydroxylation is 1. The zero-order chi connectivity index (χ0) is 19.8. The predicted molar refractivity (Wildman–Crippen MR) is 111 cm³/mol. The first-order valence-electron chi connectivity index (χ1n) is 10.5. The molecule has 2 heterocycles. The van der Waals surface area contributed by atoms with Crippen LogP contribution in [0.1, 0.15) is 50.7 Å². The summed E-state index contributed by atoms with van der Waals surface area (Å²) in [6.45, 7) is 8.24. The molecule has 1 aliphatic heterocycles. The molecule has 2 aromatic rings. The van der Waals surface area contributed by atoms with Crippen molar-refractivity contribution in [2.45, 2.75) is 65.1 Å². The molecule has 0 saturated carbocycles. The summed E-state index contributed by atoms with van der Waals surface area (Å²) in [6, 6.07) is 9.28. The molecule has 0 aliphatic carbocycles. The van der Waals surface area contributed by atoms with Crippen LogP contribution in [-0.2, 0) is 24.3 Å². The minimum atomic E-state index is 0.144. The van der Waals surface area contributed by atoms with Crippen molar-refractivity contribution in [2.24, 2.45) is 5.92 Å². The Labute approximate surface area is 168 Å². The van der Waals surface area contributed by atoms with E-state index in [1.807, 2.05) is 0 Å². The average molecular weight is 384 g/mol.